The lowest BCUT2D eigenvalue weighted by Gasteiger charge is -2.37. The summed E-state index contributed by atoms with van der Waals surface area (Å²) in [6.07, 6.45) is 1.92. The van der Waals surface area contributed by atoms with Gasteiger partial charge in [0.05, 0.1) is 0 Å². The van der Waals surface area contributed by atoms with E-state index in [4.69, 9.17) is 0 Å². The minimum absolute atomic E-state index is 0.0394. The molecule has 2 atom stereocenters. The number of piperazine rings is 1. The van der Waals surface area contributed by atoms with Gasteiger partial charge in [-0.25, -0.2) is 4.39 Å². The van der Waals surface area contributed by atoms with Crippen LogP contribution in [0.5, 0.6) is 0 Å². The van der Waals surface area contributed by atoms with Gasteiger partial charge < -0.3 is 10.2 Å². The monoisotopic (exact) mass is 214 g/mol. The van der Waals surface area contributed by atoms with Gasteiger partial charge in [0, 0.05) is 6.54 Å². The number of nitrogens with one attached hydrogen (secondary N) is 1. The van der Waals surface area contributed by atoms with E-state index in [-0.39, 0.29) is 24.3 Å². The van der Waals surface area contributed by atoms with Crippen LogP contribution in [0, 0.1) is 5.92 Å². The smallest absolute Gasteiger partial charge is 0.245 e. The standard InChI is InChI=1S/C10H15FN2O2/c1-6-10(15)13(5-4-11)8(7-2-3-7)9(14)12-6/h6-8H,2-5H2,1H3,(H,12,14). The van der Waals surface area contributed by atoms with Crippen LogP contribution in [0.2, 0.25) is 0 Å². The summed E-state index contributed by atoms with van der Waals surface area (Å²) in [6, 6.07) is -0.941. The van der Waals surface area contributed by atoms with Crippen molar-refractivity contribution in [1.29, 1.82) is 0 Å². The lowest BCUT2D eigenvalue weighted by atomic mass is 10.0. The van der Waals surface area contributed by atoms with Crippen LogP contribution in [0.1, 0.15) is 19.8 Å². The molecule has 4 nitrogen and oxygen atoms in total. The Balaban J connectivity index is 2.16. The van der Waals surface area contributed by atoms with Crippen molar-refractivity contribution in [2.75, 3.05) is 13.2 Å². The van der Waals surface area contributed by atoms with Crippen molar-refractivity contribution in [3.05, 3.63) is 0 Å². The van der Waals surface area contributed by atoms with Crippen molar-refractivity contribution in [3.8, 4) is 0 Å². The number of carbonyl (C=O) groups excluding carboxylic acids is 2. The molecule has 2 unspecified atom stereocenters. The topological polar surface area (TPSA) is 49.4 Å². The maximum absolute atomic E-state index is 12.3. The van der Waals surface area contributed by atoms with E-state index in [0.29, 0.717) is 0 Å². The number of halogens is 1. The Morgan fingerprint density at radius 2 is 2.13 bits per heavy atom. The Labute approximate surface area is 87.8 Å². The van der Waals surface area contributed by atoms with Crippen molar-refractivity contribution >= 4 is 11.8 Å². The van der Waals surface area contributed by atoms with Crippen molar-refractivity contribution in [1.82, 2.24) is 10.2 Å². The summed E-state index contributed by atoms with van der Waals surface area (Å²) >= 11 is 0. The molecule has 0 bridgehead atoms. The van der Waals surface area contributed by atoms with Crippen LogP contribution in [0.4, 0.5) is 4.39 Å². The van der Waals surface area contributed by atoms with Gasteiger partial charge in [-0.2, -0.15) is 0 Å². The second kappa shape index (κ2) is 3.79. The minimum Gasteiger partial charge on any atom is -0.343 e. The van der Waals surface area contributed by atoms with Crippen LogP contribution >= 0.6 is 0 Å². The normalized spacial score (nSPS) is 31.7. The third kappa shape index (κ3) is 1.82. The largest absolute Gasteiger partial charge is 0.343 e. The molecule has 0 radical (unpaired) electrons. The highest BCUT2D eigenvalue weighted by Gasteiger charge is 2.46. The Morgan fingerprint density at radius 1 is 1.47 bits per heavy atom. The molecule has 1 aliphatic heterocycles. The molecule has 2 fully saturated rings. The van der Waals surface area contributed by atoms with Gasteiger partial charge in [0.1, 0.15) is 18.8 Å². The summed E-state index contributed by atoms with van der Waals surface area (Å²) < 4.78 is 12.3. The Bertz CT molecular complexity index is 291. The third-order valence-electron chi connectivity index (χ3n) is 3.01. The van der Waals surface area contributed by atoms with Gasteiger partial charge in [0.25, 0.3) is 0 Å². The maximum atomic E-state index is 12.3. The Kier molecular flexibility index (Phi) is 2.63. The molecule has 15 heavy (non-hydrogen) atoms. The molecule has 0 aromatic heterocycles. The first-order chi connectivity index (χ1) is 7.15. The van der Waals surface area contributed by atoms with E-state index in [1.54, 1.807) is 6.92 Å². The third-order valence-corrected chi connectivity index (χ3v) is 3.01. The average Bonchev–Trinajstić information content (AvgIpc) is 2.98. The first kappa shape index (κ1) is 10.4. The van der Waals surface area contributed by atoms with Crippen LogP contribution in [-0.2, 0) is 9.59 Å². The predicted octanol–water partition coefficient (Wildman–Crippen LogP) is 0.0814. The molecule has 2 rings (SSSR count). The molecule has 0 spiro atoms. The zero-order chi connectivity index (χ0) is 11.0. The molecule has 1 aliphatic carbocycles. The average molecular weight is 214 g/mol. The number of hydrogen-bond acceptors (Lipinski definition) is 2. The fourth-order valence-electron chi connectivity index (χ4n) is 2.11. The number of hydrogen-bond donors (Lipinski definition) is 1. The van der Waals surface area contributed by atoms with Crippen molar-refractivity contribution in [2.24, 2.45) is 5.92 Å². The van der Waals surface area contributed by atoms with Gasteiger partial charge in [0.15, 0.2) is 0 Å². The summed E-state index contributed by atoms with van der Waals surface area (Å²) in [4.78, 5) is 24.8. The summed E-state index contributed by atoms with van der Waals surface area (Å²) in [5, 5.41) is 2.64. The molecule has 1 heterocycles. The first-order valence-corrected chi connectivity index (χ1v) is 5.32. The quantitative estimate of drug-likeness (QED) is 0.723. The van der Waals surface area contributed by atoms with E-state index < -0.39 is 18.8 Å². The van der Waals surface area contributed by atoms with Crippen molar-refractivity contribution in [3.63, 3.8) is 0 Å². The van der Waals surface area contributed by atoms with E-state index in [1.807, 2.05) is 0 Å². The predicted molar refractivity (Wildman–Crippen MR) is 51.8 cm³/mol. The lowest BCUT2D eigenvalue weighted by molar-refractivity contribution is -0.149. The van der Waals surface area contributed by atoms with Gasteiger partial charge >= 0.3 is 0 Å². The molecule has 2 aliphatic rings. The van der Waals surface area contributed by atoms with Crippen molar-refractivity contribution in [2.45, 2.75) is 31.8 Å². The fourth-order valence-corrected chi connectivity index (χ4v) is 2.11. The van der Waals surface area contributed by atoms with E-state index in [1.165, 1.54) is 4.90 Å². The molecule has 2 amide bonds. The summed E-state index contributed by atoms with van der Waals surface area (Å²) in [7, 11) is 0. The van der Waals surface area contributed by atoms with Gasteiger partial charge in [-0.05, 0) is 25.7 Å². The summed E-state index contributed by atoms with van der Waals surface area (Å²) in [5.41, 5.74) is 0. The SMILES string of the molecule is CC1NC(=O)C(C2CC2)N(CCF)C1=O. The molecule has 0 aromatic carbocycles. The highest BCUT2D eigenvalue weighted by atomic mass is 19.1. The molecule has 0 aromatic rings. The summed E-state index contributed by atoms with van der Waals surface area (Å²) in [5.74, 6) is -0.0461. The molecule has 5 heteroatoms. The molecular weight excluding hydrogens is 199 g/mol. The van der Waals surface area contributed by atoms with E-state index in [9.17, 15) is 14.0 Å². The first-order valence-electron chi connectivity index (χ1n) is 5.32. The molecule has 1 N–H and O–H groups in total. The van der Waals surface area contributed by atoms with Gasteiger partial charge in [-0.3, -0.25) is 9.59 Å². The highest BCUT2D eigenvalue weighted by Crippen LogP contribution is 2.36. The number of nitrogens with zero attached hydrogens (tertiary/aromatic N) is 1. The summed E-state index contributed by atoms with van der Waals surface area (Å²) in [6.45, 7) is 1.08. The number of rotatable bonds is 3. The van der Waals surface area contributed by atoms with E-state index in [2.05, 4.69) is 5.32 Å². The van der Waals surface area contributed by atoms with Crippen LogP contribution in [0.25, 0.3) is 0 Å². The second-order valence-corrected chi connectivity index (χ2v) is 4.23. The number of carbonyl (C=O) groups is 2. The number of amides is 2. The number of alkyl halides is 1. The van der Waals surface area contributed by atoms with E-state index in [0.717, 1.165) is 12.8 Å². The van der Waals surface area contributed by atoms with Crippen LogP contribution < -0.4 is 5.32 Å². The molecule has 1 saturated carbocycles. The zero-order valence-corrected chi connectivity index (χ0v) is 8.70. The molecule has 84 valence electrons. The highest BCUT2D eigenvalue weighted by molar-refractivity contribution is 5.97. The molecular formula is C10H15FN2O2. The minimum atomic E-state index is -0.588. The molecule has 1 saturated heterocycles. The van der Waals surface area contributed by atoms with Crippen LogP contribution in [0.15, 0.2) is 0 Å². The lowest BCUT2D eigenvalue weighted by Crippen LogP contribution is -2.63. The second-order valence-electron chi connectivity index (χ2n) is 4.23. The Morgan fingerprint density at radius 3 is 2.67 bits per heavy atom. The zero-order valence-electron chi connectivity index (χ0n) is 8.70. The van der Waals surface area contributed by atoms with Crippen molar-refractivity contribution < 1.29 is 14.0 Å². The maximum Gasteiger partial charge on any atom is 0.245 e. The van der Waals surface area contributed by atoms with Crippen LogP contribution in [-0.4, -0.2) is 42.0 Å². The van der Waals surface area contributed by atoms with Gasteiger partial charge in [-0.15, -0.1) is 0 Å². The van der Waals surface area contributed by atoms with Gasteiger partial charge in [-0.1, -0.05) is 0 Å². The van der Waals surface area contributed by atoms with Crippen LogP contribution in [0.3, 0.4) is 0 Å². The van der Waals surface area contributed by atoms with Gasteiger partial charge in [0.2, 0.25) is 11.8 Å². The van der Waals surface area contributed by atoms with E-state index >= 15 is 0 Å². The fraction of sp³-hybridized carbons (Fsp3) is 0.800. The Hall–Kier alpha value is -1.13.